The van der Waals surface area contributed by atoms with Gasteiger partial charge in [0.1, 0.15) is 0 Å². The van der Waals surface area contributed by atoms with Crippen molar-refractivity contribution < 1.29 is 18.4 Å². The molecule has 0 spiro atoms. The largest absolute Gasteiger partial charge is 0.351 e. The molecule has 1 N–H and O–H groups in total. The topological polar surface area (TPSA) is 49.4 Å². The number of halogens is 2. The number of rotatable bonds is 6. The molecule has 3 aromatic rings. The molecule has 34 heavy (non-hydrogen) atoms. The van der Waals surface area contributed by atoms with E-state index in [1.807, 2.05) is 60.7 Å². The van der Waals surface area contributed by atoms with Gasteiger partial charge in [0.15, 0.2) is 11.6 Å². The Labute approximate surface area is 197 Å². The normalized spacial score (nSPS) is 15.3. The first-order valence-corrected chi connectivity index (χ1v) is 11.3. The van der Waals surface area contributed by atoms with Gasteiger partial charge in [0.2, 0.25) is 11.8 Å². The number of likely N-dealkylation sites (tertiary alicyclic amines) is 1. The molecule has 0 aromatic heterocycles. The Kier molecular flexibility index (Phi) is 7.16. The van der Waals surface area contributed by atoms with Crippen molar-refractivity contribution in [2.24, 2.45) is 0 Å². The molecule has 4 rings (SSSR count). The molecule has 0 unspecified atom stereocenters. The molecule has 6 heteroatoms. The summed E-state index contributed by atoms with van der Waals surface area (Å²) < 4.78 is 26.8. The zero-order valence-corrected chi connectivity index (χ0v) is 18.7. The predicted molar refractivity (Wildman–Crippen MR) is 128 cm³/mol. The summed E-state index contributed by atoms with van der Waals surface area (Å²) in [6.07, 6.45) is 4.28. The number of carbonyl (C=O) groups excluding carboxylic acids is 2. The Bertz CT molecular complexity index is 1170. The number of hydrogen-bond acceptors (Lipinski definition) is 2. The number of nitrogens with one attached hydrogen (secondary N) is 1. The van der Waals surface area contributed by atoms with Gasteiger partial charge >= 0.3 is 0 Å². The molecule has 1 aliphatic heterocycles. The average Bonchev–Trinajstić information content (AvgIpc) is 2.89. The molecule has 3 aromatic carbocycles. The fraction of sp³-hybridized carbons (Fsp3) is 0.214. The van der Waals surface area contributed by atoms with Crippen LogP contribution in [0.4, 0.5) is 8.78 Å². The van der Waals surface area contributed by atoms with Crippen molar-refractivity contribution in [2.45, 2.75) is 24.8 Å². The summed E-state index contributed by atoms with van der Waals surface area (Å²) in [5, 5.41) is 2.90. The van der Waals surface area contributed by atoms with Gasteiger partial charge in [0, 0.05) is 25.7 Å². The lowest BCUT2D eigenvalue weighted by Crippen LogP contribution is -2.52. The summed E-state index contributed by atoms with van der Waals surface area (Å²) in [6.45, 7) is 0.962. The van der Waals surface area contributed by atoms with Crippen LogP contribution in [0.15, 0.2) is 84.9 Å². The molecule has 4 nitrogen and oxygen atoms in total. The number of hydrogen-bond donors (Lipinski definition) is 1. The highest BCUT2D eigenvalue weighted by atomic mass is 19.2. The van der Waals surface area contributed by atoms with E-state index in [1.54, 1.807) is 17.1 Å². The maximum absolute atomic E-state index is 13.6. The lowest BCUT2D eigenvalue weighted by atomic mass is 9.72. The zero-order valence-electron chi connectivity index (χ0n) is 18.7. The SMILES string of the molecule is O=C(/C=C/c1ccccc1)N1CCC(C(=O)NCc2ccc(F)c(F)c2)(c2ccccc2)CC1. The van der Waals surface area contributed by atoms with Crippen LogP contribution in [0.3, 0.4) is 0 Å². The Hall–Kier alpha value is -3.80. The van der Waals surface area contributed by atoms with Crippen LogP contribution in [0.1, 0.15) is 29.5 Å². The van der Waals surface area contributed by atoms with E-state index in [1.165, 1.54) is 6.07 Å². The maximum atomic E-state index is 13.6. The van der Waals surface area contributed by atoms with E-state index in [9.17, 15) is 18.4 Å². The lowest BCUT2D eigenvalue weighted by molar-refractivity contribution is -0.134. The van der Waals surface area contributed by atoms with Crippen LogP contribution in [0.5, 0.6) is 0 Å². The van der Waals surface area contributed by atoms with E-state index >= 15 is 0 Å². The fourth-order valence-corrected chi connectivity index (χ4v) is 4.35. The van der Waals surface area contributed by atoms with Crippen LogP contribution in [0, 0.1) is 11.6 Å². The molecule has 1 heterocycles. The van der Waals surface area contributed by atoms with Gasteiger partial charge in [-0.2, -0.15) is 0 Å². The Morgan fingerprint density at radius 2 is 1.53 bits per heavy atom. The third kappa shape index (κ3) is 5.22. The van der Waals surface area contributed by atoms with Crippen molar-refractivity contribution in [1.29, 1.82) is 0 Å². The van der Waals surface area contributed by atoms with Gasteiger partial charge in [0.05, 0.1) is 5.41 Å². The van der Waals surface area contributed by atoms with Crippen molar-refractivity contribution in [3.8, 4) is 0 Å². The number of amides is 2. The second-order valence-electron chi connectivity index (χ2n) is 8.45. The van der Waals surface area contributed by atoms with Gasteiger partial charge in [-0.15, -0.1) is 0 Å². The van der Waals surface area contributed by atoms with Gasteiger partial charge in [0.25, 0.3) is 0 Å². The predicted octanol–water partition coefficient (Wildman–Crippen LogP) is 4.85. The van der Waals surface area contributed by atoms with E-state index < -0.39 is 17.0 Å². The Balaban J connectivity index is 1.46. The van der Waals surface area contributed by atoms with Gasteiger partial charge in [-0.25, -0.2) is 8.78 Å². The van der Waals surface area contributed by atoms with Crippen LogP contribution in [0.2, 0.25) is 0 Å². The van der Waals surface area contributed by atoms with Crippen molar-refractivity contribution in [2.75, 3.05) is 13.1 Å². The second-order valence-corrected chi connectivity index (χ2v) is 8.45. The minimum atomic E-state index is -0.945. The highest BCUT2D eigenvalue weighted by molar-refractivity contribution is 5.93. The maximum Gasteiger partial charge on any atom is 0.246 e. The molecule has 0 aliphatic carbocycles. The molecule has 2 amide bonds. The average molecular weight is 461 g/mol. The van der Waals surface area contributed by atoms with E-state index in [-0.39, 0.29) is 18.4 Å². The summed E-state index contributed by atoms with van der Waals surface area (Å²) in [5.74, 6) is -2.14. The molecule has 1 aliphatic rings. The molecule has 0 radical (unpaired) electrons. The standard InChI is InChI=1S/C28H26F2N2O2/c29-24-13-11-22(19-25(24)30)20-31-27(34)28(23-9-5-2-6-10-23)15-17-32(18-16-28)26(33)14-12-21-7-3-1-4-8-21/h1-14,19H,15-18,20H2,(H,31,34)/b14-12+. The first-order valence-electron chi connectivity index (χ1n) is 11.3. The third-order valence-electron chi connectivity index (χ3n) is 6.34. The quantitative estimate of drug-likeness (QED) is 0.535. The fourth-order valence-electron chi connectivity index (χ4n) is 4.35. The molecular weight excluding hydrogens is 434 g/mol. The number of nitrogens with zero attached hydrogens (tertiary/aromatic N) is 1. The van der Waals surface area contributed by atoms with Crippen LogP contribution < -0.4 is 5.32 Å². The number of benzene rings is 3. The van der Waals surface area contributed by atoms with Crippen LogP contribution >= 0.6 is 0 Å². The van der Waals surface area contributed by atoms with Gasteiger partial charge in [-0.3, -0.25) is 9.59 Å². The van der Waals surface area contributed by atoms with Crippen LogP contribution in [-0.2, 0) is 21.5 Å². The molecule has 0 atom stereocenters. The molecule has 1 fully saturated rings. The van der Waals surface area contributed by atoms with E-state index in [0.29, 0.717) is 31.5 Å². The van der Waals surface area contributed by atoms with Crippen molar-refractivity contribution in [1.82, 2.24) is 10.2 Å². The summed E-state index contributed by atoms with van der Waals surface area (Å²) in [7, 11) is 0. The summed E-state index contributed by atoms with van der Waals surface area (Å²) in [4.78, 5) is 27.9. The molecule has 0 saturated carbocycles. The minimum Gasteiger partial charge on any atom is -0.351 e. The van der Waals surface area contributed by atoms with E-state index in [2.05, 4.69) is 5.32 Å². The van der Waals surface area contributed by atoms with Crippen LogP contribution in [-0.4, -0.2) is 29.8 Å². The highest BCUT2D eigenvalue weighted by Crippen LogP contribution is 2.36. The van der Waals surface area contributed by atoms with E-state index in [4.69, 9.17) is 0 Å². The monoisotopic (exact) mass is 460 g/mol. The Morgan fingerprint density at radius 3 is 2.18 bits per heavy atom. The summed E-state index contributed by atoms with van der Waals surface area (Å²) in [6, 6.07) is 22.7. The molecule has 0 bridgehead atoms. The molecule has 174 valence electrons. The molecular formula is C28H26F2N2O2. The number of piperidine rings is 1. The van der Waals surface area contributed by atoms with Crippen LogP contribution in [0.25, 0.3) is 6.08 Å². The van der Waals surface area contributed by atoms with Crippen molar-refractivity contribution in [3.05, 3.63) is 113 Å². The van der Waals surface area contributed by atoms with E-state index in [0.717, 1.165) is 23.3 Å². The van der Waals surface area contributed by atoms with Gasteiger partial charge in [-0.1, -0.05) is 66.7 Å². The second kappa shape index (κ2) is 10.4. The number of carbonyl (C=O) groups is 2. The van der Waals surface area contributed by atoms with Crippen molar-refractivity contribution in [3.63, 3.8) is 0 Å². The minimum absolute atomic E-state index is 0.0901. The Morgan fingerprint density at radius 1 is 0.882 bits per heavy atom. The van der Waals surface area contributed by atoms with Gasteiger partial charge in [-0.05, 0) is 47.7 Å². The lowest BCUT2D eigenvalue weighted by Gasteiger charge is -2.40. The third-order valence-corrected chi connectivity index (χ3v) is 6.34. The molecule has 1 saturated heterocycles. The smallest absolute Gasteiger partial charge is 0.246 e. The first-order chi connectivity index (χ1) is 16.5. The van der Waals surface area contributed by atoms with Crippen molar-refractivity contribution >= 4 is 17.9 Å². The highest BCUT2D eigenvalue weighted by Gasteiger charge is 2.43. The zero-order chi connectivity index (χ0) is 24.0. The summed E-state index contributed by atoms with van der Waals surface area (Å²) >= 11 is 0. The first kappa shape index (κ1) is 23.4. The van der Waals surface area contributed by atoms with Gasteiger partial charge < -0.3 is 10.2 Å². The summed E-state index contributed by atoms with van der Waals surface area (Å²) in [5.41, 5.74) is 1.50.